The van der Waals surface area contributed by atoms with Crippen LogP contribution in [0.2, 0.25) is 0 Å². The van der Waals surface area contributed by atoms with Crippen LogP contribution in [0.15, 0.2) is 48.5 Å². The molecular weight excluding hydrogens is 566 g/mol. The summed E-state index contributed by atoms with van der Waals surface area (Å²) >= 11 is 0. The Labute approximate surface area is 256 Å². The number of hydrogen-bond donors (Lipinski definition) is 1. The second-order valence-electron chi connectivity index (χ2n) is 12.7. The summed E-state index contributed by atoms with van der Waals surface area (Å²) in [6.07, 6.45) is 0. The first-order chi connectivity index (χ1) is 20.3. The van der Waals surface area contributed by atoms with Gasteiger partial charge in [-0.3, -0.25) is 24.0 Å². The van der Waals surface area contributed by atoms with Gasteiger partial charge < -0.3 is 24.3 Å². The zero-order valence-corrected chi connectivity index (χ0v) is 26.4. The summed E-state index contributed by atoms with van der Waals surface area (Å²) in [5.41, 5.74) is -6.10. The highest BCUT2D eigenvalue weighted by Crippen LogP contribution is 2.64. The van der Waals surface area contributed by atoms with E-state index in [1.165, 1.54) is 34.6 Å². The Hall–Kier alpha value is -4.31. The van der Waals surface area contributed by atoms with E-state index in [-0.39, 0.29) is 11.1 Å². The fourth-order valence-electron chi connectivity index (χ4n) is 7.60. The maximum absolute atomic E-state index is 14.9. The molecule has 2 aromatic rings. The Bertz CT molecular complexity index is 1670. The van der Waals surface area contributed by atoms with Crippen LogP contribution in [0.5, 0.6) is 0 Å². The molecule has 2 heterocycles. The minimum absolute atomic E-state index is 0.198. The van der Waals surface area contributed by atoms with Crippen molar-refractivity contribution in [2.45, 2.75) is 96.2 Å². The van der Waals surface area contributed by atoms with Crippen LogP contribution >= 0.6 is 0 Å². The molecule has 0 bridgehead atoms. The number of allylic oxidation sites excluding steroid dienone is 1. The zero-order chi connectivity index (χ0) is 32.6. The van der Waals surface area contributed by atoms with E-state index >= 15 is 0 Å². The fourth-order valence-corrected chi connectivity index (χ4v) is 7.60. The van der Waals surface area contributed by atoms with Gasteiger partial charge in [-0.15, -0.1) is 0 Å². The Kier molecular flexibility index (Phi) is 6.97. The fraction of sp³-hybridized carbons (Fsp3) is 0.441. The molecule has 232 valence electrons. The number of Topliss-reactive ketones (excluding diaryl/α,β-unsaturated/α-hetero) is 1. The van der Waals surface area contributed by atoms with Crippen molar-refractivity contribution in [2.24, 2.45) is 0 Å². The van der Waals surface area contributed by atoms with Gasteiger partial charge in [0.05, 0.1) is 11.5 Å². The van der Waals surface area contributed by atoms with Gasteiger partial charge in [-0.25, -0.2) is 0 Å². The third-order valence-electron chi connectivity index (χ3n) is 9.95. The first-order valence-electron chi connectivity index (χ1n) is 14.4. The molecule has 1 N–H and O–H groups in total. The molecule has 2 aliphatic heterocycles. The van der Waals surface area contributed by atoms with E-state index in [4.69, 9.17) is 18.9 Å². The molecule has 5 atom stereocenters. The van der Waals surface area contributed by atoms with E-state index in [1.807, 2.05) is 0 Å². The molecule has 5 rings (SSSR count). The molecule has 1 aliphatic carbocycles. The lowest BCUT2D eigenvalue weighted by molar-refractivity contribution is -0.396. The van der Waals surface area contributed by atoms with Gasteiger partial charge in [0.1, 0.15) is 11.2 Å². The number of ketones is 1. The van der Waals surface area contributed by atoms with Gasteiger partial charge in [-0.1, -0.05) is 42.5 Å². The molecule has 0 aromatic heterocycles. The molecule has 1 amide bonds. The smallest absolute Gasteiger partial charge is 0.303 e. The van der Waals surface area contributed by atoms with Gasteiger partial charge in [0, 0.05) is 37.6 Å². The van der Waals surface area contributed by atoms with Crippen LogP contribution in [0.4, 0.5) is 5.69 Å². The Morgan fingerprint density at radius 1 is 0.682 bits per heavy atom. The first-order valence-corrected chi connectivity index (χ1v) is 14.4. The van der Waals surface area contributed by atoms with Crippen LogP contribution in [0.3, 0.4) is 0 Å². The van der Waals surface area contributed by atoms with Gasteiger partial charge in [-0.2, -0.15) is 0 Å². The number of para-hydroxylation sites is 1. The number of esters is 3. The highest BCUT2D eigenvalue weighted by Gasteiger charge is 2.81. The summed E-state index contributed by atoms with van der Waals surface area (Å²) in [6, 6.07) is 14.2. The monoisotopic (exact) mass is 603 g/mol. The number of anilines is 1. The molecule has 0 spiro atoms. The second kappa shape index (κ2) is 9.85. The summed E-state index contributed by atoms with van der Waals surface area (Å²) in [5.74, 6) is -4.17. The van der Waals surface area contributed by atoms with Crippen molar-refractivity contribution < 1.29 is 42.9 Å². The number of rotatable bonds is 4. The van der Waals surface area contributed by atoms with E-state index in [2.05, 4.69) is 5.32 Å². The molecule has 1 saturated heterocycles. The number of carbonyl (C=O) groups is 5. The van der Waals surface area contributed by atoms with Crippen LogP contribution in [0.25, 0.3) is 11.1 Å². The number of fused-ring (bicyclic) bond motifs is 2. The first kappa shape index (κ1) is 31.1. The SMILES string of the molecule is CC(=O)OC1(C)C(C)(C)OC(C)(C2C(=O)/C(=C3/C(=O)Nc4ccccc43)c3ccccc32)C(C)(OC(C)=O)C1(C)OC(C)=O. The number of amides is 1. The molecule has 1 fully saturated rings. The van der Waals surface area contributed by atoms with Crippen LogP contribution in [-0.4, -0.2) is 57.6 Å². The van der Waals surface area contributed by atoms with Gasteiger partial charge >= 0.3 is 17.9 Å². The van der Waals surface area contributed by atoms with E-state index in [0.29, 0.717) is 22.4 Å². The maximum atomic E-state index is 14.9. The summed E-state index contributed by atoms with van der Waals surface area (Å²) < 4.78 is 25.0. The lowest BCUT2D eigenvalue weighted by Gasteiger charge is -2.68. The lowest BCUT2D eigenvalue weighted by Crippen LogP contribution is -2.86. The van der Waals surface area contributed by atoms with E-state index < -0.39 is 63.5 Å². The van der Waals surface area contributed by atoms with Crippen LogP contribution in [-0.2, 0) is 42.9 Å². The Morgan fingerprint density at radius 2 is 1.18 bits per heavy atom. The summed E-state index contributed by atoms with van der Waals surface area (Å²) in [7, 11) is 0. The standard InChI is InChI=1S/C34H37NO9/c1-18(36)41-32(7)30(4,5)44-31(6,33(8,42-19(2)37)34(32,9)43-20(3)38)27-22-15-11-10-14-21(22)25(28(27)39)26-23-16-12-13-17-24(23)35-29(26)40/h10-17,27H,1-9H3,(H,35,40)/b26-25+. The van der Waals surface area contributed by atoms with Crippen LogP contribution in [0, 0.1) is 0 Å². The number of ether oxygens (including phenoxy) is 4. The highest BCUT2D eigenvalue weighted by atomic mass is 16.7. The number of nitrogens with one attached hydrogen (secondary N) is 1. The van der Waals surface area contributed by atoms with Crippen LogP contribution in [0.1, 0.15) is 84.9 Å². The molecular formula is C34H37NO9. The minimum atomic E-state index is -1.94. The van der Waals surface area contributed by atoms with E-state index in [1.54, 1.807) is 76.2 Å². The van der Waals surface area contributed by atoms with Gasteiger partial charge in [0.2, 0.25) is 0 Å². The molecule has 0 radical (unpaired) electrons. The predicted octanol–water partition coefficient (Wildman–Crippen LogP) is 4.75. The topological polar surface area (TPSA) is 134 Å². The highest BCUT2D eigenvalue weighted by molar-refractivity contribution is 6.47. The van der Waals surface area contributed by atoms with Gasteiger partial charge in [-0.05, 0) is 58.7 Å². The number of benzene rings is 2. The average molecular weight is 604 g/mol. The summed E-state index contributed by atoms with van der Waals surface area (Å²) in [6.45, 7) is 13.2. The molecule has 3 aliphatic rings. The average Bonchev–Trinajstić information content (AvgIpc) is 3.38. The van der Waals surface area contributed by atoms with Crippen LogP contribution < -0.4 is 5.32 Å². The minimum Gasteiger partial charge on any atom is -0.452 e. The molecule has 44 heavy (non-hydrogen) atoms. The van der Waals surface area contributed by atoms with Gasteiger partial charge in [0.15, 0.2) is 22.6 Å². The summed E-state index contributed by atoms with van der Waals surface area (Å²) in [5, 5.41) is 2.84. The van der Waals surface area contributed by atoms with E-state index in [0.717, 1.165) is 0 Å². The normalized spacial score (nSPS) is 33.6. The van der Waals surface area contributed by atoms with Crippen molar-refractivity contribution in [1.29, 1.82) is 0 Å². The van der Waals surface area contributed by atoms with Crippen molar-refractivity contribution in [3.8, 4) is 0 Å². The Balaban J connectivity index is 1.84. The second-order valence-corrected chi connectivity index (χ2v) is 12.7. The quantitative estimate of drug-likeness (QED) is 0.299. The number of carbonyl (C=O) groups excluding carboxylic acids is 5. The molecule has 10 heteroatoms. The largest absolute Gasteiger partial charge is 0.452 e. The van der Waals surface area contributed by atoms with Gasteiger partial charge in [0.25, 0.3) is 5.91 Å². The lowest BCUT2D eigenvalue weighted by atomic mass is 9.54. The molecule has 10 nitrogen and oxygen atoms in total. The summed E-state index contributed by atoms with van der Waals surface area (Å²) in [4.78, 5) is 66.5. The van der Waals surface area contributed by atoms with Crippen molar-refractivity contribution in [3.63, 3.8) is 0 Å². The van der Waals surface area contributed by atoms with Crippen molar-refractivity contribution in [3.05, 3.63) is 65.2 Å². The van der Waals surface area contributed by atoms with Crippen molar-refractivity contribution >= 4 is 46.4 Å². The van der Waals surface area contributed by atoms with Crippen molar-refractivity contribution in [1.82, 2.24) is 0 Å². The maximum Gasteiger partial charge on any atom is 0.303 e. The molecule has 2 aromatic carbocycles. The zero-order valence-electron chi connectivity index (χ0n) is 26.4. The molecule has 5 unspecified atom stereocenters. The number of hydrogen-bond acceptors (Lipinski definition) is 9. The predicted molar refractivity (Wildman–Crippen MR) is 160 cm³/mol. The van der Waals surface area contributed by atoms with Crippen molar-refractivity contribution in [2.75, 3.05) is 5.32 Å². The Morgan fingerprint density at radius 3 is 1.77 bits per heavy atom. The molecule has 0 saturated carbocycles. The third-order valence-corrected chi connectivity index (χ3v) is 9.95. The van der Waals surface area contributed by atoms with E-state index in [9.17, 15) is 24.0 Å². The third kappa shape index (κ3) is 4.00.